The fourth-order valence-electron chi connectivity index (χ4n) is 3.00. The number of hydrogen-bond donors (Lipinski definition) is 1. The van der Waals surface area contributed by atoms with Crippen molar-refractivity contribution in [3.05, 3.63) is 47.4 Å². The molecule has 1 aromatic carbocycles. The molecule has 5 heteroatoms. The zero-order valence-corrected chi connectivity index (χ0v) is 14.1. The maximum Gasteiger partial charge on any atom is 0.255 e. The van der Waals surface area contributed by atoms with Crippen LogP contribution in [-0.2, 0) is 6.54 Å². The van der Waals surface area contributed by atoms with Crippen molar-refractivity contribution < 1.29 is 18.7 Å². The highest BCUT2D eigenvalue weighted by Crippen LogP contribution is 2.32. The summed E-state index contributed by atoms with van der Waals surface area (Å²) in [5.74, 6) is 1.94. The lowest BCUT2D eigenvalue weighted by Gasteiger charge is -2.16. The molecular formula is C19H23NO4. The van der Waals surface area contributed by atoms with Gasteiger partial charge in [-0.15, -0.1) is 0 Å². The highest BCUT2D eigenvalue weighted by Gasteiger charge is 2.18. The predicted octanol–water partition coefficient (Wildman–Crippen LogP) is 3.85. The second-order valence-electron chi connectivity index (χ2n) is 6.08. The van der Waals surface area contributed by atoms with Crippen LogP contribution in [0.4, 0.5) is 0 Å². The molecule has 3 rings (SSSR count). The number of aryl methyl sites for hydroxylation is 1. The Balaban J connectivity index is 1.63. The Morgan fingerprint density at radius 3 is 2.71 bits per heavy atom. The number of ether oxygens (including phenoxy) is 2. The smallest absolute Gasteiger partial charge is 0.255 e. The van der Waals surface area contributed by atoms with Crippen LogP contribution < -0.4 is 14.8 Å². The molecule has 1 aliphatic carbocycles. The molecule has 0 saturated heterocycles. The van der Waals surface area contributed by atoms with Gasteiger partial charge in [0.15, 0.2) is 11.5 Å². The number of benzene rings is 1. The Morgan fingerprint density at radius 1 is 1.25 bits per heavy atom. The molecule has 2 aromatic rings. The minimum Gasteiger partial charge on any atom is -0.493 e. The molecule has 1 aliphatic rings. The highest BCUT2D eigenvalue weighted by molar-refractivity contribution is 5.94. The molecule has 1 N–H and O–H groups in total. The van der Waals surface area contributed by atoms with Crippen molar-refractivity contribution in [2.24, 2.45) is 0 Å². The van der Waals surface area contributed by atoms with Crippen LogP contribution in [0.25, 0.3) is 0 Å². The van der Waals surface area contributed by atoms with E-state index in [4.69, 9.17) is 13.9 Å². The SMILES string of the molecule is COc1cc(CNC(=O)c2ccoc2C)ccc1OC1CCCC1. The van der Waals surface area contributed by atoms with E-state index < -0.39 is 0 Å². The monoisotopic (exact) mass is 329 g/mol. The summed E-state index contributed by atoms with van der Waals surface area (Å²) in [5, 5.41) is 2.89. The molecule has 5 nitrogen and oxygen atoms in total. The quantitative estimate of drug-likeness (QED) is 0.874. The number of furan rings is 1. The van der Waals surface area contributed by atoms with Gasteiger partial charge in [-0.3, -0.25) is 4.79 Å². The molecule has 24 heavy (non-hydrogen) atoms. The van der Waals surface area contributed by atoms with Crippen molar-refractivity contribution >= 4 is 5.91 Å². The topological polar surface area (TPSA) is 60.7 Å². The first kappa shape index (κ1) is 16.4. The number of hydrogen-bond acceptors (Lipinski definition) is 4. The molecule has 128 valence electrons. The summed E-state index contributed by atoms with van der Waals surface area (Å²) in [5.41, 5.74) is 1.52. The van der Waals surface area contributed by atoms with Crippen molar-refractivity contribution in [2.45, 2.75) is 45.3 Å². The third kappa shape index (κ3) is 3.72. The summed E-state index contributed by atoms with van der Waals surface area (Å²) in [7, 11) is 1.63. The van der Waals surface area contributed by atoms with Crippen molar-refractivity contribution in [3.8, 4) is 11.5 Å². The van der Waals surface area contributed by atoms with Gasteiger partial charge < -0.3 is 19.2 Å². The molecule has 0 spiro atoms. The lowest BCUT2D eigenvalue weighted by molar-refractivity contribution is 0.0949. The van der Waals surface area contributed by atoms with Crippen molar-refractivity contribution in [3.63, 3.8) is 0 Å². The van der Waals surface area contributed by atoms with E-state index in [-0.39, 0.29) is 12.0 Å². The number of amides is 1. The number of methoxy groups -OCH3 is 1. The minimum absolute atomic E-state index is 0.147. The van der Waals surface area contributed by atoms with E-state index in [0.29, 0.717) is 23.6 Å². The molecule has 1 fully saturated rings. The Hall–Kier alpha value is -2.43. The zero-order chi connectivity index (χ0) is 16.9. The standard InChI is InChI=1S/C19H23NO4/c1-13-16(9-10-23-13)19(21)20-12-14-7-8-17(18(11-14)22-2)24-15-5-3-4-6-15/h7-11,15H,3-6,12H2,1-2H3,(H,20,21). The van der Waals surface area contributed by atoms with Crippen LogP contribution in [0.15, 0.2) is 34.9 Å². The fraction of sp³-hybridized carbons (Fsp3) is 0.421. The molecule has 0 radical (unpaired) electrons. The summed E-state index contributed by atoms with van der Waals surface area (Å²) in [6.45, 7) is 2.19. The Bertz CT molecular complexity index is 701. The van der Waals surface area contributed by atoms with E-state index >= 15 is 0 Å². The highest BCUT2D eigenvalue weighted by atomic mass is 16.5. The minimum atomic E-state index is -0.147. The van der Waals surface area contributed by atoms with Crippen molar-refractivity contribution in [1.29, 1.82) is 0 Å². The third-order valence-corrected chi connectivity index (χ3v) is 4.38. The van der Waals surface area contributed by atoms with Gasteiger partial charge in [-0.1, -0.05) is 6.07 Å². The van der Waals surface area contributed by atoms with Crippen LogP contribution in [0.1, 0.15) is 47.4 Å². The Morgan fingerprint density at radius 2 is 2.04 bits per heavy atom. The van der Waals surface area contributed by atoms with Gasteiger partial charge in [0.2, 0.25) is 0 Å². The second kappa shape index (κ2) is 7.43. The molecule has 0 unspecified atom stereocenters. The van der Waals surface area contributed by atoms with Gasteiger partial charge in [-0.05, 0) is 56.4 Å². The van der Waals surface area contributed by atoms with Crippen LogP contribution in [0, 0.1) is 6.92 Å². The molecule has 1 aromatic heterocycles. The number of nitrogens with one attached hydrogen (secondary N) is 1. The predicted molar refractivity (Wildman–Crippen MR) is 90.5 cm³/mol. The maximum absolute atomic E-state index is 12.1. The van der Waals surface area contributed by atoms with E-state index in [9.17, 15) is 4.79 Å². The van der Waals surface area contributed by atoms with Crippen LogP contribution in [0.5, 0.6) is 11.5 Å². The number of rotatable bonds is 6. The zero-order valence-electron chi connectivity index (χ0n) is 14.1. The van der Waals surface area contributed by atoms with Crippen LogP contribution >= 0.6 is 0 Å². The first-order valence-electron chi connectivity index (χ1n) is 8.33. The summed E-state index contributed by atoms with van der Waals surface area (Å²) in [4.78, 5) is 12.1. The van der Waals surface area contributed by atoms with E-state index in [1.807, 2.05) is 18.2 Å². The van der Waals surface area contributed by atoms with Gasteiger partial charge in [-0.25, -0.2) is 0 Å². The second-order valence-corrected chi connectivity index (χ2v) is 6.08. The molecule has 0 bridgehead atoms. The van der Waals surface area contributed by atoms with E-state index in [2.05, 4.69) is 5.32 Å². The molecular weight excluding hydrogens is 306 g/mol. The van der Waals surface area contributed by atoms with Crippen LogP contribution in [-0.4, -0.2) is 19.1 Å². The average molecular weight is 329 g/mol. The van der Waals surface area contributed by atoms with E-state index in [0.717, 1.165) is 24.2 Å². The van der Waals surface area contributed by atoms with E-state index in [1.54, 1.807) is 20.1 Å². The number of carbonyl (C=O) groups is 1. The summed E-state index contributed by atoms with van der Waals surface area (Å²) < 4.78 is 16.6. The summed E-state index contributed by atoms with van der Waals surface area (Å²) in [6.07, 6.45) is 6.46. The van der Waals surface area contributed by atoms with E-state index in [1.165, 1.54) is 19.1 Å². The summed E-state index contributed by atoms with van der Waals surface area (Å²) >= 11 is 0. The largest absolute Gasteiger partial charge is 0.493 e. The van der Waals surface area contributed by atoms with Crippen molar-refractivity contribution in [1.82, 2.24) is 5.32 Å². The van der Waals surface area contributed by atoms with Gasteiger partial charge in [0.05, 0.1) is 25.0 Å². The van der Waals surface area contributed by atoms with Gasteiger partial charge in [0.1, 0.15) is 5.76 Å². The van der Waals surface area contributed by atoms with Gasteiger partial charge >= 0.3 is 0 Å². The number of carbonyl (C=O) groups excluding carboxylic acids is 1. The van der Waals surface area contributed by atoms with Gasteiger partial charge in [0, 0.05) is 6.54 Å². The molecule has 1 heterocycles. The Labute approximate surface area is 141 Å². The fourth-order valence-corrected chi connectivity index (χ4v) is 3.00. The van der Waals surface area contributed by atoms with Gasteiger partial charge in [0.25, 0.3) is 5.91 Å². The molecule has 1 saturated carbocycles. The maximum atomic E-state index is 12.1. The first-order valence-corrected chi connectivity index (χ1v) is 8.33. The van der Waals surface area contributed by atoms with Gasteiger partial charge in [-0.2, -0.15) is 0 Å². The first-order chi connectivity index (χ1) is 11.7. The average Bonchev–Trinajstić information content (AvgIpc) is 3.25. The van der Waals surface area contributed by atoms with Crippen molar-refractivity contribution in [2.75, 3.05) is 7.11 Å². The lowest BCUT2D eigenvalue weighted by Crippen LogP contribution is -2.23. The molecule has 0 aliphatic heterocycles. The summed E-state index contributed by atoms with van der Waals surface area (Å²) in [6, 6.07) is 7.45. The molecule has 0 atom stereocenters. The Kier molecular flexibility index (Phi) is 5.08. The third-order valence-electron chi connectivity index (χ3n) is 4.38. The molecule has 1 amide bonds. The van der Waals surface area contributed by atoms with Crippen LogP contribution in [0.3, 0.4) is 0 Å². The van der Waals surface area contributed by atoms with Crippen LogP contribution in [0.2, 0.25) is 0 Å². The normalized spacial score (nSPS) is 14.6. The lowest BCUT2D eigenvalue weighted by atomic mass is 10.2.